The van der Waals surface area contributed by atoms with Crippen LogP contribution in [0.4, 0.5) is 10.5 Å². The fourth-order valence-electron chi connectivity index (χ4n) is 5.27. The molecule has 4 saturated heterocycles. The van der Waals surface area contributed by atoms with E-state index in [1.807, 2.05) is 30.6 Å². The summed E-state index contributed by atoms with van der Waals surface area (Å²) in [5, 5.41) is 3.74. The van der Waals surface area contributed by atoms with E-state index in [-0.39, 0.29) is 12.1 Å². The molecule has 1 N–H and O–H groups in total. The number of nitrogens with zero attached hydrogens (tertiary/aromatic N) is 3. The highest BCUT2D eigenvalue weighted by atomic mass is 35.5. The molecule has 140 valence electrons. The van der Waals surface area contributed by atoms with Gasteiger partial charge in [0.1, 0.15) is 0 Å². The standard InChI is InChI=1S/C21H23ClN4O/c22-16-3-5-17(6-4-16)24-21(27)26-13-18(15-2-1-9-23-12-15)20-19(26)14-7-10-25(20)11-8-14/h1-6,9,12,14,18-20H,7-8,10-11,13H2,(H,24,27). The summed E-state index contributed by atoms with van der Waals surface area (Å²) in [5.74, 6) is 0.917. The molecule has 2 bridgehead atoms. The number of likely N-dealkylation sites (tertiary alicyclic amines) is 1. The van der Waals surface area contributed by atoms with E-state index in [9.17, 15) is 4.79 Å². The van der Waals surface area contributed by atoms with Crippen molar-refractivity contribution in [1.29, 1.82) is 0 Å². The minimum absolute atomic E-state index is 0.00698. The van der Waals surface area contributed by atoms with Gasteiger partial charge in [-0.2, -0.15) is 0 Å². The number of amides is 2. The molecule has 6 rings (SSSR count). The molecule has 0 spiro atoms. The Hall–Kier alpha value is -2.11. The van der Waals surface area contributed by atoms with E-state index in [0.717, 1.165) is 25.3 Å². The predicted octanol–water partition coefficient (Wildman–Crippen LogP) is 3.83. The van der Waals surface area contributed by atoms with Crippen LogP contribution >= 0.6 is 11.6 Å². The summed E-state index contributed by atoms with van der Waals surface area (Å²) in [6.07, 6.45) is 6.15. The molecule has 0 radical (unpaired) electrons. The summed E-state index contributed by atoms with van der Waals surface area (Å²) in [7, 11) is 0. The Kier molecular flexibility index (Phi) is 4.29. The van der Waals surface area contributed by atoms with Crippen LogP contribution in [-0.2, 0) is 0 Å². The molecule has 0 aliphatic carbocycles. The van der Waals surface area contributed by atoms with Gasteiger partial charge in [-0.3, -0.25) is 9.88 Å². The number of piperidine rings is 3. The molecule has 6 heteroatoms. The van der Waals surface area contributed by atoms with Gasteiger partial charge in [0.05, 0.1) is 6.04 Å². The molecule has 4 fully saturated rings. The Balaban J connectivity index is 1.43. The number of carbonyl (C=O) groups excluding carboxylic acids is 1. The highest BCUT2D eigenvalue weighted by Crippen LogP contribution is 2.46. The molecule has 4 aliphatic heterocycles. The van der Waals surface area contributed by atoms with Crippen LogP contribution in [0, 0.1) is 5.92 Å². The van der Waals surface area contributed by atoms with Crippen LogP contribution < -0.4 is 5.32 Å². The first-order valence-electron chi connectivity index (χ1n) is 9.68. The van der Waals surface area contributed by atoms with Gasteiger partial charge in [-0.25, -0.2) is 4.79 Å². The summed E-state index contributed by atoms with van der Waals surface area (Å²) < 4.78 is 0. The molecule has 2 aromatic rings. The van der Waals surface area contributed by atoms with Crippen LogP contribution in [0.5, 0.6) is 0 Å². The Morgan fingerprint density at radius 3 is 2.59 bits per heavy atom. The van der Waals surface area contributed by atoms with Crippen LogP contribution in [0.2, 0.25) is 5.02 Å². The second-order valence-electron chi connectivity index (χ2n) is 7.84. The highest BCUT2D eigenvalue weighted by molar-refractivity contribution is 6.30. The number of anilines is 1. The number of benzene rings is 1. The number of hydrogen-bond acceptors (Lipinski definition) is 3. The van der Waals surface area contributed by atoms with E-state index in [1.165, 1.54) is 18.4 Å². The molecule has 1 aromatic heterocycles. The minimum Gasteiger partial charge on any atom is -0.319 e. The number of urea groups is 1. The highest BCUT2D eigenvalue weighted by Gasteiger charge is 2.54. The summed E-state index contributed by atoms with van der Waals surface area (Å²) in [6, 6.07) is 12.1. The molecule has 5 heterocycles. The predicted molar refractivity (Wildman–Crippen MR) is 106 cm³/mol. The Morgan fingerprint density at radius 1 is 1.11 bits per heavy atom. The molecular formula is C21H23ClN4O. The summed E-state index contributed by atoms with van der Waals surface area (Å²) in [4.78, 5) is 22.2. The number of hydrogen-bond donors (Lipinski definition) is 1. The van der Waals surface area contributed by atoms with Crippen molar-refractivity contribution in [2.75, 3.05) is 25.0 Å². The van der Waals surface area contributed by atoms with E-state index in [4.69, 9.17) is 11.6 Å². The first kappa shape index (κ1) is 17.0. The van der Waals surface area contributed by atoms with E-state index in [0.29, 0.717) is 22.9 Å². The lowest BCUT2D eigenvalue weighted by molar-refractivity contribution is 0.00493. The molecular weight excluding hydrogens is 360 g/mol. The first-order valence-corrected chi connectivity index (χ1v) is 10.1. The fourth-order valence-corrected chi connectivity index (χ4v) is 5.40. The number of rotatable bonds is 2. The fraction of sp³-hybridized carbons (Fsp3) is 0.429. The van der Waals surface area contributed by atoms with Crippen LogP contribution in [0.3, 0.4) is 0 Å². The van der Waals surface area contributed by atoms with Gasteiger partial charge >= 0.3 is 6.03 Å². The Morgan fingerprint density at radius 2 is 1.89 bits per heavy atom. The number of carbonyl (C=O) groups is 1. The number of fused-ring (bicyclic) bond motifs is 2. The Labute approximate surface area is 164 Å². The summed E-state index contributed by atoms with van der Waals surface area (Å²) in [5.41, 5.74) is 2.02. The minimum atomic E-state index is -0.00698. The third-order valence-electron chi connectivity index (χ3n) is 6.46. The maximum Gasteiger partial charge on any atom is 0.322 e. The SMILES string of the molecule is O=C(Nc1ccc(Cl)cc1)N1CC(c2cccnc2)C2C1C1CCN2CC1. The Bertz CT molecular complexity index is 820. The van der Waals surface area contributed by atoms with E-state index in [1.54, 1.807) is 12.1 Å². The van der Waals surface area contributed by atoms with Gasteiger partial charge in [0.25, 0.3) is 0 Å². The van der Waals surface area contributed by atoms with E-state index in [2.05, 4.69) is 26.2 Å². The topological polar surface area (TPSA) is 48.5 Å². The van der Waals surface area contributed by atoms with E-state index >= 15 is 0 Å². The largest absolute Gasteiger partial charge is 0.322 e. The van der Waals surface area contributed by atoms with Crippen molar-refractivity contribution in [2.24, 2.45) is 5.92 Å². The second kappa shape index (κ2) is 6.80. The van der Waals surface area contributed by atoms with Crippen molar-refractivity contribution in [3.05, 3.63) is 59.4 Å². The average molecular weight is 383 g/mol. The van der Waals surface area contributed by atoms with E-state index < -0.39 is 0 Å². The second-order valence-corrected chi connectivity index (χ2v) is 8.27. The number of halogens is 1. The zero-order chi connectivity index (χ0) is 18.4. The lowest BCUT2D eigenvalue weighted by Gasteiger charge is -2.51. The van der Waals surface area contributed by atoms with Gasteiger partial charge in [-0.15, -0.1) is 0 Å². The van der Waals surface area contributed by atoms with Crippen LogP contribution in [0.15, 0.2) is 48.8 Å². The van der Waals surface area contributed by atoms with Gasteiger partial charge in [0.15, 0.2) is 0 Å². The van der Waals surface area contributed by atoms with Gasteiger partial charge in [-0.1, -0.05) is 17.7 Å². The van der Waals surface area contributed by atoms with Crippen molar-refractivity contribution in [3.8, 4) is 0 Å². The average Bonchev–Trinajstić information content (AvgIpc) is 3.14. The lowest BCUT2D eigenvalue weighted by atomic mass is 9.75. The van der Waals surface area contributed by atoms with Crippen molar-refractivity contribution in [2.45, 2.75) is 30.8 Å². The maximum atomic E-state index is 13.2. The van der Waals surface area contributed by atoms with Gasteiger partial charge in [0, 0.05) is 41.6 Å². The molecule has 1 aromatic carbocycles. The number of nitrogens with one attached hydrogen (secondary N) is 1. The van der Waals surface area contributed by atoms with Gasteiger partial charge < -0.3 is 10.2 Å². The molecule has 3 atom stereocenters. The van der Waals surface area contributed by atoms with Crippen LogP contribution in [0.25, 0.3) is 0 Å². The van der Waals surface area contributed by atoms with Crippen molar-refractivity contribution in [3.63, 3.8) is 0 Å². The lowest BCUT2D eigenvalue weighted by Crippen LogP contribution is -2.61. The molecule has 5 nitrogen and oxygen atoms in total. The third kappa shape index (κ3) is 2.99. The van der Waals surface area contributed by atoms with Crippen LogP contribution in [-0.4, -0.2) is 52.5 Å². The summed E-state index contributed by atoms with van der Waals surface area (Å²) >= 11 is 5.96. The third-order valence-corrected chi connectivity index (χ3v) is 6.72. The van der Waals surface area contributed by atoms with Crippen molar-refractivity contribution in [1.82, 2.24) is 14.8 Å². The smallest absolute Gasteiger partial charge is 0.319 e. The monoisotopic (exact) mass is 382 g/mol. The zero-order valence-corrected chi connectivity index (χ0v) is 15.8. The maximum absolute atomic E-state index is 13.2. The summed E-state index contributed by atoms with van der Waals surface area (Å²) in [6.45, 7) is 3.04. The quantitative estimate of drug-likeness (QED) is 0.858. The molecule has 3 unspecified atom stereocenters. The molecule has 4 aliphatic rings. The first-order chi connectivity index (χ1) is 13.2. The number of pyridine rings is 1. The number of aromatic nitrogens is 1. The molecule has 2 amide bonds. The zero-order valence-electron chi connectivity index (χ0n) is 15.1. The molecule has 0 saturated carbocycles. The van der Waals surface area contributed by atoms with Gasteiger partial charge in [0.2, 0.25) is 0 Å². The van der Waals surface area contributed by atoms with Crippen molar-refractivity contribution < 1.29 is 4.79 Å². The normalized spacial score (nSPS) is 31.6. The van der Waals surface area contributed by atoms with Crippen LogP contribution in [0.1, 0.15) is 24.3 Å². The molecule has 27 heavy (non-hydrogen) atoms. The van der Waals surface area contributed by atoms with Gasteiger partial charge in [-0.05, 0) is 67.7 Å². The van der Waals surface area contributed by atoms with Crippen molar-refractivity contribution >= 4 is 23.3 Å².